The summed E-state index contributed by atoms with van der Waals surface area (Å²) in [5.74, 6) is 3.46. The first-order valence-corrected chi connectivity index (χ1v) is 15.5. The largest absolute Gasteiger partial charge is 0.458 e. The van der Waals surface area contributed by atoms with Gasteiger partial charge < -0.3 is 14.2 Å². The van der Waals surface area contributed by atoms with E-state index in [-0.39, 0.29) is 23.3 Å². The molecule has 1 aromatic rings. The van der Waals surface area contributed by atoms with E-state index in [9.17, 15) is 4.79 Å². The Bertz CT molecular complexity index is 1100. The van der Waals surface area contributed by atoms with Gasteiger partial charge in [-0.3, -0.25) is 0 Å². The molecule has 2 saturated heterocycles. The molecule has 0 radical (unpaired) electrons. The average molecular weight is 519 g/mol. The molecule has 8 unspecified atom stereocenters. The summed E-state index contributed by atoms with van der Waals surface area (Å²) in [5.41, 5.74) is 2.81. The van der Waals surface area contributed by atoms with Gasteiger partial charge in [-0.15, -0.1) is 0 Å². The Kier molecular flexibility index (Phi) is 5.95. The zero-order valence-electron chi connectivity index (χ0n) is 23.8. The third-order valence-corrected chi connectivity index (χ3v) is 12.6. The van der Waals surface area contributed by atoms with Crippen molar-refractivity contribution in [3.8, 4) is 0 Å². The van der Waals surface area contributed by atoms with Gasteiger partial charge in [0.2, 0.25) is 0 Å². The van der Waals surface area contributed by atoms with Crippen LogP contribution in [0.4, 0.5) is 0 Å². The van der Waals surface area contributed by atoms with Crippen LogP contribution in [0.5, 0.6) is 0 Å². The fourth-order valence-electron chi connectivity index (χ4n) is 10.5. The van der Waals surface area contributed by atoms with Crippen molar-refractivity contribution in [2.45, 2.75) is 103 Å². The predicted octanol–water partition coefficient (Wildman–Crippen LogP) is 7.58. The SMILES string of the molecule is CC1C2C(CC3C4CC=C5CC(OC(=O)c6ccccc6)CC[C@]5(C)C4CC[C@@]32C)OC12CC[C@H](C)CO2. The van der Waals surface area contributed by atoms with E-state index in [0.717, 1.165) is 50.0 Å². The van der Waals surface area contributed by atoms with Crippen molar-refractivity contribution < 1.29 is 19.0 Å². The number of hydrogen-bond donors (Lipinski definition) is 0. The highest BCUT2D eigenvalue weighted by Crippen LogP contribution is 2.70. The molecule has 6 aliphatic rings. The van der Waals surface area contributed by atoms with E-state index in [1.54, 1.807) is 5.57 Å². The Balaban J connectivity index is 1.08. The third-order valence-electron chi connectivity index (χ3n) is 12.6. The normalized spacial score (nSPS) is 49.4. The van der Waals surface area contributed by atoms with Crippen molar-refractivity contribution in [3.63, 3.8) is 0 Å². The van der Waals surface area contributed by atoms with E-state index >= 15 is 0 Å². The van der Waals surface area contributed by atoms with Gasteiger partial charge in [0, 0.05) is 18.8 Å². The summed E-state index contributed by atoms with van der Waals surface area (Å²) in [6.45, 7) is 10.7. The molecular weight excluding hydrogens is 472 g/mol. The Labute approximate surface area is 228 Å². The molecule has 4 nitrogen and oxygen atoms in total. The van der Waals surface area contributed by atoms with E-state index in [1.165, 1.54) is 32.1 Å². The molecule has 1 spiro atoms. The van der Waals surface area contributed by atoms with Crippen molar-refractivity contribution in [3.05, 3.63) is 47.5 Å². The summed E-state index contributed by atoms with van der Waals surface area (Å²) in [4.78, 5) is 12.7. The molecular formula is C34H46O4. The van der Waals surface area contributed by atoms with Gasteiger partial charge in [-0.05, 0) is 97.5 Å². The second kappa shape index (κ2) is 8.93. The molecule has 0 aromatic heterocycles. The number of hydrogen-bond acceptors (Lipinski definition) is 4. The molecule has 0 amide bonds. The Morgan fingerprint density at radius 3 is 2.58 bits per heavy atom. The number of carbonyl (C=O) groups is 1. The van der Waals surface area contributed by atoms with Gasteiger partial charge in [-0.1, -0.05) is 57.5 Å². The summed E-state index contributed by atoms with van der Waals surface area (Å²) in [5, 5.41) is 0. The van der Waals surface area contributed by atoms with Crippen LogP contribution in [0.1, 0.15) is 95.8 Å². The van der Waals surface area contributed by atoms with Crippen LogP contribution in [-0.4, -0.2) is 30.6 Å². The summed E-state index contributed by atoms with van der Waals surface area (Å²) in [6, 6.07) is 9.45. The van der Waals surface area contributed by atoms with E-state index in [1.807, 2.05) is 30.3 Å². The Hall–Kier alpha value is -1.65. The molecule has 1 aromatic carbocycles. The van der Waals surface area contributed by atoms with Gasteiger partial charge in [0.15, 0.2) is 5.79 Å². The first-order valence-electron chi connectivity index (χ1n) is 15.5. The summed E-state index contributed by atoms with van der Waals surface area (Å²) >= 11 is 0. The van der Waals surface area contributed by atoms with E-state index in [0.29, 0.717) is 34.8 Å². The molecule has 0 N–H and O–H groups in total. The van der Waals surface area contributed by atoms with Crippen molar-refractivity contribution in [2.24, 2.45) is 46.3 Å². The van der Waals surface area contributed by atoms with Crippen LogP contribution >= 0.6 is 0 Å². The number of benzene rings is 1. The van der Waals surface area contributed by atoms with Crippen LogP contribution in [0.15, 0.2) is 42.0 Å². The molecule has 0 bridgehead atoms. The molecule has 4 aliphatic carbocycles. The lowest BCUT2D eigenvalue weighted by Gasteiger charge is -2.58. The highest BCUT2D eigenvalue weighted by Gasteiger charge is 2.68. The number of fused-ring (bicyclic) bond motifs is 7. The first-order chi connectivity index (χ1) is 18.2. The monoisotopic (exact) mass is 518 g/mol. The smallest absolute Gasteiger partial charge is 0.338 e. The molecule has 11 atom stereocenters. The molecule has 2 heterocycles. The molecule has 38 heavy (non-hydrogen) atoms. The van der Waals surface area contributed by atoms with Crippen LogP contribution in [-0.2, 0) is 14.2 Å². The van der Waals surface area contributed by atoms with Crippen molar-refractivity contribution in [1.29, 1.82) is 0 Å². The molecule has 5 fully saturated rings. The third kappa shape index (κ3) is 3.65. The second-order valence-electron chi connectivity index (χ2n) is 14.4. The highest BCUT2D eigenvalue weighted by molar-refractivity contribution is 5.89. The summed E-state index contributed by atoms with van der Waals surface area (Å²) < 4.78 is 19.5. The number of carbonyl (C=O) groups excluding carboxylic acids is 1. The first kappa shape index (κ1) is 25.3. The summed E-state index contributed by atoms with van der Waals surface area (Å²) in [7, 11) is 0. The lowest BCUT2D eigenvalue weighted by Crippen LogP contribution is -2.52. The lowest BCUT2D eigenvalue weighted by atomic mass is 9.47. The highest BCUT2D eigenvalue weighted by atomic mass is 16.7. The maximum absolute atomic E-state index is 12.7. The fourth-order valence-corrected chi connectivity index (χ4v) is 10.5. The second-order valence-corrected chi connectivity index (χ2v) is 14.4. The molecule has 3 saturated carbocycles. The van der Waals surface area contributed by atoms with Crippen LogP contribution in [0.2, 0.25) is 0 Å². The molecule has 2 aliphatic heterocycles. The molecule has 4 heteroatoms. The van der Waals surface area contributed by atoms with Gasteiger partial charge in [-0.25, -0.2) is 4.79 Å². The van der Waals surface area contributed by atoms with Gasteiger partial charge >= 0.3 is 5.97 Å². The van der Waals surface area contributed by atoms with E-state index in [2.05, 4.69) is 33.8 Å². The number of rotatable bonds is 2. The minimum atomic E-state index is -0.326. The van der Waals surface area contributed by atoms with Gasteiger partial charge in [0.05, 0.1) is 18.3 Å². The Morgan fingerprint density at radius 2 is 1.82 bits per heavy atom. The van der Waals surface area contributed by atoms with E-state index < -0.39 is 0 Å². The van der Waals surface area contributed by atoms with Gasteiger partial charge in [0.1, 0.15) is 6.10 Å². The minimum Gasteiger partial charge on any atom is -0.458 e. The van der Waals surface area contributed by atoms with Crippen LogP contribution in [0.25, 0.3) is 0 Å². The number of ether oxygens (including phenoxy) is 3. The van der Waals surface area contributed by atoms with Gasteiger partial charge in [-0.2, -0.15) is 0 Å². The number of allylic oxidation sites excluding steroid dienone is 1. The number of esters is 1. The quantitative estimate of drug-likeness (QED) is 0.299. The average Bonchev–Trinajstić information content (AvgIpc) is 3.36. The van der Waals surface area contributed by atoms with Crippen molar-refractivity contribution >= 4 is 5.97 Å². The Morgan fingerprint density at radius 1 is 1.00 bits per heavy atom. The molecule has 206 valence electrons. The lowest BCUT2D eigenvalue weighted by molar-refractivity contribution is -0.272. The summed E-state index contributed by atoms with van der Waals surface area (Å²) in [6.07, 6.45) is 13.3. The molecule has 7 rings (SSSR count). The predicted molar refractivity (Wildman–Crippen MR) is 147 cm³/mol. The minimum absolute atomic E-state index is 0.00178. The maximum atomic E-state index is 12.7. The van der Waals surface area contributed by atoms with Crippen LogP contribution in [0.3, 0.4) is 0 Å². The van der Waals surface area contributed by atoms with Crippen LogP contribution < -0.4 is 0 Å². The maximum Gasteiger partial charge on any atom is 0.338 e. The fraction of sp³-hybridized carbons (Fsp3) is 0.735. The zero-order chi connectivity index (χ0) is 26.3. The zero-order valence-corrected chi connectivity index (χ0v) is 23.8. The van der Waals surface area contributed by atoms with E-state index in [4.69, 9.17) is 14.2 Å². The van der Waals surface area contributed by atoms with Crippen molar-refractivity contribution in [2.75, 3.05) is 6.61 Å². The van der Waals surface area contributed by atoms with Crippen LogP contribution in [0, 0.1) is 46.3 Å². The van der Waals surface area contributed by atoms with Gasteiger partial charge in [0.25, 0.3) is 0 Å². The topological polar surface area (TPSA) is 44.8 Å². The van der Waals surface area contributed by atoms with Crippen molar-refractivity contribution in [1.82, 2.24) is 0 Å². The standard InChI is InChI=1S/C34H46O4/c1-21-12-17-34(36-20-21)22(2)30-29(38-34)19-28-26-11-10-24-18-25(37-31(35)23-8-6-5-7-9-23)13-15-32(24,3)27(26)14-16-33(28,30)4/h5-10,21-22,25-30H,11-20H2,1-4H3/t21-,22?,25?,26?,27?,28?,29?,30?,32-,33-,34?/m0/s1.